The summed E-state index contributed by atoms with van der Waals surface area (Å²) in [5.41, 5.74) is 1.29. The zero-order chi connectivity index (χ0) is 8.44. The van der Waals surface area contributed by atoms with E-state index in [4.69, 9.17) is 0 Å². The van der Waals surface area contributed by atoms with E-state index in [0.717, 1.165) is 17.8 Å². The van der Waals surface area contributed by atoms with Crippen LogP contribution in [0.2, 0.25) is 0 Å². The van der Waals surface area contributed by atoms with Crippen LogP contribution in [0.15, 0.2) is 0 Å². The first-order valence-corrected chi connectivity index (χ1v) is 4.92. The number of fused-ring (bicyclic) bond motifs is 1. The van der Waals surface area contributed by atoms with Gasteiger partial charge in [-0.15, -0.1) is 0 Å². The van der Waals surface area contributed by atoms with Crippen LogP contribution in [0.25, 0.3) is 0 Å². The Morgan fingerprint density at radius 3 is 1.91 bits per heavy atom. The molecule has 2 rings (SSSR count). The molecule has 2 saturated carbocycles. The van der Waals surface area contributed by atoms with E-state index < -0.39 is 0 Å². The molecule has 0 heterocycles. The molecule has 0 radical (unpaired) electrons. The molecule has 0 aromatic rings. The van der Waals surface area contributed by atoms with Crippen LogP contribution < -0.4 is 0 Å². The molecule has 0 nitrogen and oxygen atoms in total. The Balaban J connectivity index is 2.27. The summed E-state index contributed by atoms with van der Waals surface area (Å²) in [6.07, 6.45) is 1.49. The van der Waals surface area contributed by atoms with E-state index in [9.17, 15) is 0 Å². The number of hydrogen-bond acceptors (Lipinski definition) is 0. The largest absolute Gasteiger partial charge is 0.0619 e. The minimum atomic E-state index is 0.606. The van der Waals surface area contributed by atoms with Gasteiger partial charge < -0.3 is 0 Å². The minimum Gasteiger partial charge on any atom is -0.0619 e. The van der Waals surface area contributed by atoms with E-state index in [0.29, 0.717) is 10.8 Å². The summed E-state index contributed by atoms with van der Waals surface area (Å²) in [6, 6.07) is 0. The predicted octanol–water partition coefficient (Wildman–Crippen LogP) is 3.32. The lowest BCUT2D eigenvalue weighted by Crippen LogP contribution is -2.70. The Morgan fingerprint density at radius 2 is 1.64 bits per heavy atom. The Hall–Kier alpha value is 0. The second kappa shape index (κ2) is 1.67. The van der Waals surface area contributed by atoms with Crippen LogP contribution >= 0.6 is 0 Å². The molecule has 0 heteroatoms. The minimum absolute atomic E-state index is 0.606. The van der Waals surface area contributed by atoms with Crippen molar-refractivity contribution in [3.8, 4) is 0 Å². The number of rotatable bonds is 0. The van der Waals surface area contributed by atoms with Gasteiger partial charge in [-0.05, 0) is 35.0 Å². The Morgan fingerprint density at radius 1 is 1.09 bits per heavy atom. The fourth-order valence-electron chi connectivity index (χ4n) is 3.81. The second-order valence-electron chi connectivity index (χ2n) is 5.54. The lowest BCUT2D eigenvalue weighted by molar-refractivity contribution is -0.275. The summed E-state index contributed by atoms with van der Waals surface area (Å²) in [4.78, 5) is 0. The first kappa shape index (κ1) is 7.64. The van der Waals surface area contributed by atoms with E-state index in [1.165, 1.54) is 6.42 Å². The van der Waals surface area contributed by atoms with Gasteiger partial charge in [-0.25, -0.2) is 0 Å². The van der Waals surface area contributed by atoms with Gasteiger partial charge in [-0.1, -0.05) is 34.6 Å². The molecule has 64 valence electrons. The highest BCUT2D eigenvalue weighted by molar-refractivity contribution is 5.17. The number of hydrogen-bond donors (Lipinski definition) is 0. The van der Waals surface area contributed by atoms with E-state index in [2.05, 4.69) is 34.6 Å². The molecular formula is C11H20. The lowest BCUT2D eigenvalue weighted by atomic mass is 9.29. The molecule has 2 aliphatic carbocycles. The molecule has 2 aliphatic rings. The molecule has 11 heavy (non-hydrogen) atoms. The van der Waals surface area contributed by atoms with Gasteiger partial charge >= 0.3 is 0 Å². The average molecular weight is 152 g/mol. The standard InChI is InChI=1S/C11H20/c1-7-6-9-8(2)10(3,4)11(7,9)5/h7-9H,6H2,1-5H3/t7-,8-,9+,11+/m1/s1. The van der Waals surface area contributed by atoms with Crippen molar-refractivity contribution in [1.29, 1.82) is 0 Å². The molecule has 0 aromatic carbocycles. The Bertz CT molecular complexity index is 192. The summed E-state index contributed by atoms with van der Waals surface area (Å²) < 4.78 is 0. The van der Waals surface area contributed by atoms with Gasteiger partial charge in [0.25, 0.3) is 0 Å². The quantitative estimate of drug-likeness (QED) is 0.499. The fourth-order valence-corrected chi connectivity index (χ4v) is 3.81. The van der Waals surface area contributed by atoms with E-state index in [-0.39, 0.29) is 0 Å². The highest BCUT2D eigenvalue weighted by Crippen LogP contribution is 2.76. The molecule has 0 aromatic heterocycles. The average Bonchev–Trinajstić information content (AvgIpc) is 1.96. The zero-order valence-corrected chi connectivity index (χ0v) is 8.44. The first-order chi connectivity index (χ1) is 4.92. The molecular weight excluding hydrogens is 132 g/mol. The van der Waals surface area contributed by atoms with Gasteiger partial charge in [0.2, 0.25) is 0 Å². The summed E-state index contributed by atoms with van der Waals surface area (Å²) in [6.45, 7) is 12.2. The van der Waals surface area contributed by atoms with Crippen LogP contribution in [-0.4, -0.2) is 0 Å². The highest BCUT2D eigenvalue weighted by atomic mass is 14.7. The van der Waals surface area contributed by atoms with Crippen LogP contribution in [0.1, 0.15) is 41.0 Å². The van der Waals surface area contributed by atoms with Crippen molar-refractivity contribution in [1.82, 2.24) is 0 Å². The molecule has 4 atom stereocenters. The molecule has 0 bridgehead atoms. The maximum atomic E-state index is 2.49. The van der Waals surface area contributed by atoms with E-state index in [1.54, 1.807) is 0 Å². The summed E-state index contributed by atoms with van der Waals surface area (Å²) in [5.74, 6) is 2.98. The maximum absolute atomic E-state index is 2.49. The van der Waals surface area contributed by atoms with Crippen molar-refractivity contribution in [2.45, 2.75) is 41.0 Å². The highest BCUT2D eigenvalue weighted by Gasteiger charge is 2.69. The van der Waals surface area contributed by atoms with Crippen molar-refractivity contribution in [3.63, 3.8) is 0 Å². The Labute approximate surface area is 70.4 Å². The molecule has 2 fully saturated rings. The monoisotopic (exact) mass is 152 g/mol. The molecule has 0 saturated heterocycles. The van der Waals surface area contributed by atoms with Crippen molar-refractivity contribution < 1.29 is 0 Å². The predicted molar refractivity (Wildman–Crippen MR) is 48.3 cm³/mol. The summed E-state index contributed by atoms with van der Waals surface area (Å²) in [5, 5.41) is 0. The lowest BCUT2D eigenvalue weighted by Gasteiger charge is -2.75. The van der Waals surface area contributed by atoms with E-state index in [1.807, 2.05) is 0 Å². The van der Waals surface area contributed by atoms with E-state index >= 15 is 0 Å². The van der Waals surface area contributed by atoms with Crippen molar-refractivity contribution in [2.24, 2.45) is 28.6 Å². The Kier molecular flexibility index (Phi) is 1.16. The molecule has 0 spiro atoms. The van der Waals surface area contributed by atoms with Gasteiger partial charge in [-0.3, -0.25) is 0 Å². The maximum Gasteiger partial charge on any atom is -0.0215 e. The van der Waals surface area contributed by atoms with Gasteiger partial charge in [0.15, 0.2) is 0 Å². The van der Waals surface area contributed by atoms with Crippen molar-refractivity contribution in [2.75, 3.05) is 0 Å². The molecule has 0 aliphatic heterocycles. The molecule has 0 unspecified atom stereocenters. The van der Waals surface area contributed by atoms with Crippen molar-refractivity contribution in [3.05, 3.63) is 0 Å². The van der Waals surface area contributed by atoms with Crippen LogP contribution in [0.5, 0.6) is 0 Å². The van der Waals surface area contributed by atoms with Gasteiger partial charge in [-0.2, -0.15) is 0 Å². The van der Waals surface area contributed by atoms with Crippen molar-refractivity contribution >= 4 is 0 Å². The van der Waals surface area contributed by atoms with Crippen LogP contribution in [-0.2, 0) is 0 Å². The smallest absolute Gasteiger partial charge is 0.0215 e. The normalized spacial score (nSPS) is 59.2. The fraction of sp³-hybridized carbons (Fsp3) is 1.00. The molecule has 0 N–H and O–H groups in total. The van der Waals surface area contributed by atoms with Gasteiger partial charge in [0, 0.05) is 0 Å². The van der Waals surface area contributed by atoms with Crippen LogP contribution in [0.3, 0.4) is 0 Å². The third-order valence-electron chi connectivity index (χ3n) is 5.53. The first-order valence-electron chi connectivity index (χ1n) is 4.92. The van der Waals surface area contributed by atoms with Gasteiger partial charge in [0.1, 0.15) is 0 Å². The zero-order valence-electron chi connectivity index (χ0n) is 8.44. The second-order valence-corrected chi connectivity index (χ2v) is 5.54. The van der Waals surface area contributed by atoms with Gasteiger partial charge in [0.05, 0.1) is 0 Å². The third kappa shape index (κ3) is 0.522. The summed E-state index contributed by atoms with van der Waals surface area (Å²) in [7, 11) is 0. The molecule has 0 amide bonds. The SMILES string of the molecule is C[C@@H]1[C@@H]2C[C@@H](C)[C@]2(C)C1(C)C. The third-order valence-corrected chi connectivity index (χ3v) is 5.53. The van der Waals surface area contributed by atoms with Crippen LogP contribution in [0.4, 0.5) is 0 Å². The topological polar surface area (TPSA) is 0 Å². The van der Waals surface area contributed by atoms with Crippen LogP contribution in [0, 0.1) is 28.6 Å². The summed E-state index contributed by atoms with van der Waals surface area (Å²) >= 11 is 0.